The number of halogens is 1. The smallest absolute Gasteiger partial charge is 0.343 e. The molecule has 0 aliphatic heterocycles. The number of ether oxygens (including phenoxy) is 2. The molecule has 0 aromatic heterocycles. The Bertz CT molecular complexity index is 944. The van der Waals surface area contributed by atoms with Crippen LogP contribution in [0.15, 0.2) is 53.6 Å². The zero-order valence-electron chi connectivity index (χ0n) is 17.4. The topological polar surface area (TPSA) is 106 Å². The van der Waals surface area contributed by atoms with E-state index in [1.807, 2.05) is 13.8 Å². The van der Waals surface area contributed by atoms with Crippen molar-refractivity contribution in [1.29, 1.82) is 0 Å². The molecule has 2 rings (SSSR count). The van der Waals surface area contributed by atoms with E-state index in [0.717, 1.165) is 0 Å². The summed E-state index contributed by atoms with van der Waals surface area (Å²) in [7, 11) is 1.28. The van der Waals surface area contributed by atoms with Gasteiger partial charge in [-0.15, -0.1) is 0 Å². The molecular weight excluding hydrogens is 422 g/mol. The highest BCUT2D eigenvalue weighted by Crippen LogP contribution is 2.15. The first-order valence-corrected chi connectivity index (χ1v) is 9.87. The molecule has 2 amide bonds. The fourth-order valence-electron chi connectivity index (χ4n) is 2.49. The Hall–Kier alpha value is -3.39. The Morgan fingerprint density at radius 3 is 2.39 bits per heavy atom. The van der Waals surface area contributed by atoms with Crippen LogP contribution in [-0.2, 0) is 14.3 Å². The zero-order chi connectivity index (χ0) is 22.8. The van der Waals surface area contributed by atoms with Gasteiger partial charge in [0.25, 0.3) is 11.8 Å². The average Bonchev–Trinajstić information content (AvgIpc) is 2.76. The zero-order valence-corrected chi connectivity index (χ0v) is 18.2. The van der Waals surface area contributed by atoms with Gasteiger partial charge in [0.2, 0.25) is 0 Å². The number of nitrogens with one attached hydrogen (secondary N) is 2. The quantitative estimate of drug-likeness (QED) is 0.350. The van der Waals surface area contributed by atoms with Crippen molar-refractivity contribution in [3.63, 3.8) is 0 Å². The van der Waals surface area contributed by atoms with Crippen LogP contribution in [0.3, 0.4) is 0 Å². The third-order valence-corrected chi connectivity index (χ3v) is 4.54. The fraction of sp³-hybridized carbons (Fsp3) is 0.273. The molecule has 1 atom stereocenters. The SMILES string of the molecule is COC(=O)COc1ccc(/C=N/NC(=O)C(NC(=O)c2ccccc2Cl)C(C)C)cc1. The van der Waals surface area contributed by atoms with E-state index < -0.39 is 23.8 Å². The maximum absolute atomic E-state index is 12.5. The van der Waals surface area contributed by atoms with E-state index in [4.69, 9.17) is 16.3 Å². The first kappa shape index (κ1) is 23.9. The predicted molar refractivity (Wildman–Crippen MR) is 117 cm³/mol. The highest BCUT2D eigenvalue weighted by Gasteiger charge is 2.25. The summed E-state index contributed by atoms with van der Waals surface area (Å²) in [6.45, 7) is 3.44. The summed E-state index contributed by atoms with van der Waals surface area (Å²) in [5, 5.41) is 6.94. The molecule has 0 fully saturated rings. The number of esters is 1. The van der Waals surface area contributed by atoms with E-state index in [1.54, 1.807) is 48.5 Å². The van der Waals surface area contributed by atoms with Crippen molar-refractivity contribution in [2.24, 2.45) is 11.0 Å². The first-order valence-electron chi connectivity index (χ1n) is 9.49. The molecule has 8 nitrogen and oxygen atoms in total. The van der Waals surface area contributed by atoms with E-state index in [1.165, 1.54) is 13.3 Å². The van der Waals surface area contributed by atoms with E-state index >= 15 is 0 Å². The Labute approximate surface area is 185 Å². The number of carbonyl (C=O) groups excluding carboxylic acids is 3. The van der Waals surface area contributed by atoms with Gasteiger partial charge in [-0.1, -0.05) is 37.6 Å². The normalized spacial score (nSPS) is 11.8. The molecular formula is C22H24ClN3O5. The number of carbonyl (C=O) groups is 3. The van der Waals surface area contributed by atoms with Crippen LogP contribution in [0.2, 0.25) is 5.02 Å². The number of hydrogen-bond acceptors (Lipinski definition) is 6. The molecule has 1 unspecified atom stereocenters. The van der Waals surface area contributed by atoms with Crippen LogP contribution in [-0.4, -0.2) is 43.8 Å². The lowest BCUT2D eigenvalue weighted by atomic mass is 10.0. The fourth-order valence-corrected chi connectivity index (χ4v) is 2.71. The number of benzene rings is 2. The van der Waals surface area contributed by atoms with Crippen LogP contribution < -0.4 is 15.5 Å². The number of hydrogen-bond donors (Lipinski definition) is 2. The second-order valence-electron chi connectivity index (χ2n) is 6.84. The molecule has 0 bridgehead atoms. The molecule has 0 spiro atoms. The Balaban J connectivity index is 1.94. The second kappa shape index (κ2) is 11.7. The molecule has 0 aliphatic rings. The van der Waals surface area contributed by atoms with Gasteiger partial charge in [-0.25, -0.2) is 10.2 Å². The van der Waals surface area contributed by atoms with Crippen molar-refractivity contribution >= 4 is 35.6 Å². The molecule has 2 N–H and O–H groups in total. The molecule has 0 saturated carbocycles. The molecule has 9 heteroatoms. The van der Waals surface area contributed by atoms with Gasteiger partial charge in [-0.3, -0.25) is 9.59 Å². The van der Waals surface area contributed by atoms with Crippen LogP contribution in [0.1, 0.15) is 29.8 Å². The van der Waals surface area contributed by atoms with E-state index in [-0.39, 0.29) is 12.5 Å². The van der Waals surface area contributed by atoms with E-state index in [9.17, 15) is 14.4 Å². The standard InChI is InChI=1S/C22H24ClN3O5/c1-14(2)20(25-21(28)17-6-4-5-7-18(17)23)22(29)26-24-12-15-8-10-16(11-9-15)31-13-19(27)30-3/h4-12,14,20H,13H2,1-3H3,(H,25,28)(H,26,29)/b24-12+. The summed E-state index contributed by atoms with van der Waals surface area (Å²) in [6.07, 6.45) is 1.45. The summed E-state index contributed by atoms with van der Waals surface area (Å²) >= 11 is 6.05. The van der Waals surface area contributed by atoms with Gasteiger partial charge >= 0.3 is 5.97 Å². The Morgan fingerprint density at radius 2 is 1.77 bits per heavy atom. The van der Waals surface area contributed by atoms with Gasteiger partial charge in [0.15, 0.2) is 6.61 Å². The van der Waals surface area contributed by atoms with Crippen LogP contribution in [0.4, 0.5) is 0 Å². The van der Waals surface area contributed by atoms with Crippen molar-refractivity contribution in [2.45, 2.75) is 19.9 Å². The number of amides is 2. The summed E-state index contributed by atoms with van der Waals surface area (Å²) < 4.78 is 9.76. The van der Waals surface area contributed by atoms with Crippen LogP contribution >= 0.6 is 11.6 Å². The molecule has 0 aliphatic carbocycles. The number of rotatable bonds is 9. The molecule has 31 heavy (non-hydrogen) atoms. The van der Waals surface area contributed by atoms with Crippen LogP contribution in [0.5, 0.6) is 5.75 Å². The summed E-state index contributed by atoms with van der Waals surface area (Å²) in [5.41, 5.74) is 3.43. The number of nitrogens with zero attached hydrogens (tertiary/aromatic N) is 1. The van der Waals surface area contributed by atoms with Gasteiger partial charge in [0.05, 0.1) is 23.9 Å². The lowest BCUT2D eigenvalue weighted by molar-refractivity contribution is -0.142. The van der Waals surface area contributed by atoms with Crippen molar-refractivity contribution in [2.75, 3.05) is 13.7 Å². The summed E-state index contributed by atoms with van der Waals surface area (Å²) in [5.74, 6) is -1.05. The minimum absolute atomic E-state index is 0.173. The van der Waals surface area contributed by atoms with E-state index in [2.05, 4.69) is 20.6 Å². The monoisotopic (exact) mass is 445 g/mol. The molecule has 0 radical (unpaired) electrons. The first-order chi connectivity index (χ1) is 14.8. The summed E-state index contributed by atoms with van der Waals surface area (Å²) in [4.78, 5) is 36.1. The van der Waals surface area contributed by atoms with Crippen LogP contribution in [0.25, 0.3) is 0 Å². The number of methoxy groups -OCH3 is 1. The Morgan fingerprint density at radius 1 is 1.10 bits per heavy atom. The average molecular weight is 446 g/mol. The maximum Gasteiger partial charge on any atom is 0.343 e. The van der Waals surface area contributed by atoms with Gasteiger partial charge < -0.3 is 14.8 Å². The van der Waals surface area contributed by atoms with Gasteiger partial charge in [-0.05, 0) is 47.9 Å². The van der Waals surface area contributed by atoms with Crippen molar-refractivity contribution < 1.29 is 23.9 Å². The van der Waals surface area contributed by atoms with E-state index in [0.29, 0.717) is 21.9 Å². The van der Waals surface area contributed by atoms with Crippen molar-refractivity contribution in [3.05, 3.63) is 64.7 Å². The van der Waals surface area contributed by atoms with Crippen molar-refractivity contribution in [3.8, 4) is 5.75 Å². The molecule has 2 aromatic carbocycles. The summed E-state index contributed by atoms with van der Waals surface area (Å²) in [6, 6.07) is 12.6. The molecule has 0 saturated heterocycles. The lowest BCUT2D eigenvalue weighted by Crippen LogP contribution is -2.48. The van der Waals surface area contributed by atoms with Crippen molar-refractivity contribution in [1.82, 2.24) is 10.7 Å². The Kier molecular flexibility index (Phi) is 9.02. The van der Waals surface area contributed by atoms with Gasteiger partial charge in [-0.2, -0.15) is 5.10 Å². The van der Waals surface area contributed by atoms with Gasteiger partial charge in [0, 0.05) is 0 Å². The maximum atomic E-state index is 12.5. The number of hydrazone groups is 1. The minimum atomic E-state index is -0.796. The van der Waals surface area contributed by atoms with Gasteiger partial charge in [0.1, 0.15) is 11.8 Å². The molecule has 2 aromatic rings. The molecule has 0 heterocycles. The van der Waals surface area contributed by atoms with Crippen LogP contribution in [0, 0.1) is 5.92 Å². The third-order valence-electron chi connectivity index (χ3n) is 4.21. The third kappa shape index (κ3) is 7.42. The molecule has 164 valence electrons. The predicted octanol–water partition coefficient (Wildman–Crippen LogP) is 2.80. The largest absolute Gasteiger partial charge is 0.482 e. The lowest BCUT2D eigenvalue weighted by Gasteiger charge is -2.20. The second-order valence-corrected chi connectivity index (χ2v) is 7.25. The highest BCUT2D eigenvalue weighted by atomic mass is 35.5. The highest BCUT2D eigenvalue weighted by molar-refractivity contribution is 6.33. The minimum Gasteiger partial charge on any atom is -0.482 e.